The fourth-order valence-electron chi connectivity index (χ4n) is 2.96. The number of rotatable bonds is 4. The molecule has 2 aromatic heterocycles. The lowest BCUT2D eigenvalue weighted by Gasteiger charge is -1.98. The van der Waals surface area contributed by atoms with Crippen molar-refractivity contribution < 1.29 is 9.34 Å². The van der Waals surface area contributed by atoms with E-state index < -0.39 is 4.92 Å². The van der Waals surface area contributed by atoms with Crippen LogP contribution in [0.1, 0.15) is 17.1 Å². The Bertz CT molecular complexity index is 1270. The number of benzene rings is 2. The fraction of sp³-hybridized carbons (Fsp3) is 0.0476. The summed E-state index contributed by atoms with van der Waals surface area (Å²) in [6.45, 7) is 1.98. The topological polar surface area (TPSA) is 109 Å². The van der Waals surface area contributed by atoms with Gasteiger partial charge in [-0.25, -0.2) is 4.98 Å². The van der Waals surface area contributed by atoms with Crippen molar-refractivity contribution in [1.29, 1.82) is 5.26 Å². The van der Waals surface area contributed by atoms with Crippen molar-refractivity contribution in [2.75, 3.05) is 0 Å². The highest BCUT2D eigenvalue weighted by Gasteiger charge is 2.17. The average Bonchev–Trinajstić information content (AvgIpc) is 3.32. The van der Waals surface area contributed by atoms with Gasteiger partial charge in [0.2, 0.25) is 0 Å². The summed E-state index contributed by atoms with van der Waals surface area (Å²) in [6, 6.07) is 17.6. The summed E-state index contributed by atoms with van der Waals surface area (Å²) in [5.41, 5.74) is 3.34. The van der Waals surface area contributed by atoms with Crippen molar-refractivity contribution in [3.8, 4) is 17.4 Å². The maximum atomic E-state index is 11.2. The molecular formula is C21H14N4O3. The largest absolute Gasteiger partial charge is 0.456 e. The summed E-state index contributed by atoms with van der Waals surface area (Å²) in [5.74, 6) is 1.20. The van der Waals surface area contributed by atoms with E-state index in [9.17, 15) is 15.4 Å². The molecule has 7 heteroatoms. The van der Waals surface area contributed by atoms with Gasteiger partial charge < -0.3 is 9.40 Å². The number of H-pyrrole nitrogens is 1. The van der Waals surface area contributed by atoms with Crippen LogP contribution in [0.15, 0.2) is 59.0 Å². The van der Waals surface area contributed by atoms with Gasteiger partial charge in [0, 0.05) is 12.1 Å². The number of hydrogen-bond donors (Lipinski definition) is 1. The summed E-state index contributed by atoms with van der Waals surface area (Å²) in [7, 11) is 0. The van der Waals surface area contributed by atoms with E-state index in [4.69, 9.17) is 4.42 Å². The number of hydrogen-bond acceptors (Lipinski definition) is 5. The second-order valence-corrected chi connectivity index (χ2v) is 6.25. The maximum Gasteiger partial charge on any atom is 0.280 e. The molecule has 2 heterocycles. The van der Waals surface area contributed by atoms with E-state index in [1.165, 1.54) is 6.07 Å². The predicted molar refractivity (Wildman–Crippen MR) is 105 cm³/mol. The molecule has 0 saturated heterocycles. The molecule has 0 radical (unpaired) electrons. The zero-order valence-electron chi connectivity index (χ0n) is 14.8. The molecular weight excluding hydrogens is 356 g/mol. The number of allylic oxidation sites excluding steroid dienone is 1. The molecule has 0 unspecified atom stereocenters. The van der Waals surface area contributed by atoms with Gasteiger partial charge in [0.1, 0.15) is 23.4 Å². The minimum absolute atomic E-state index is 0.0412. The standard InChI is InChI=1S/C21H14N4O3/c1-13-6-8-17-18(10-13)24-21(23-17)14(12-22)11-15-7-9-20(28-15)16-4-2-3-5-19(16)25(26)27/h2-11H,1H3,(H,23,24)/b14-11-. The monoisotopic (exact) mass is 370 g/mol. The van der Waals surface area contributed by atoms with E-state index in [1.54, 1.807) is 36.4 Å². The molecule has 0 bridgehead atoms. The van der Waals surface area contributed by atoms with Crippen molar-refractivity contribution >= 4 is 28.4 Å². The number of aromatic amines is 1. The highest BCUT2D eigenvalue weighted by atomic mass is 16.6. The van der Waals surface area contributed by atoms with Gasteiger partial charge in [0.05, 0.1) is 27.1 Å². The second kappa shape index (κ2) is 6.85. The van der Waals surface area contributed by atoms with Crippen LogP contribution in [-0.2, 0) is 0 Å². The van der Waals surface area contributed by atoms with Gasteiger partial charge in [-0.15, -0.1) is 0 Å². The Morgan fingerprint density at radius 1 is 1.25 bits per heavy atom. The van der Waals surface area contributed by atoms with Gasteiger partial charge in [-0.1, -0.05) is 18.2 Å². The van der Waals surface area contributed by atoms with Crippen LogP contribution in [0.2, 0.25) is 0 Å². The molecule has 0 fully saturated rings. The van der Waals surface area contributed by atoms with Crippen LogP contribution in [0.3, 0.4) is 0 Å². The first-order valence-electron chi connectivity index (χ1n) is 8.47. The maximum absolute atomic E-state index is 11.2. The molecule has 0 spiro atoms. The third-order valence-electron chi connectivity index (χ3n) is 4.29. The number of furan rings is 1. The SMILES string of the molecule is Cc1ccc2nc(/C(C#N)=C\c3ccc(-c4ccccc4[N+](=O)[O-])o3)[nH]c2c1. The van der Waals surface area contributed by atoms with Crippen LogP contribution in [0, 0.1) is 28.4 Å². The minimum atomic E-state index is -0.454. The van der Waals surface area contributed by atoms with Crippen molar-refractivity contribution in [3.05, 3.63) is 81.9 Å². The fourth-order valence-corrected chi connectivity index (χ4v) is 2.96. The van der Waals surface area contributed by atoms with Crippen molar-refractivity contribution in [2.45, 2.75) is 6.92 Å². The first kappa shape index (κ1) is 17.2. The summed E-state index contributed by atoms with van der Waals surface area (Å²) < 4.78 is 5.73. The molecule has 0 aliphatic heterocycles. The summed E-state index contributed by atoms with van der Waals surface area (Å²) >= 11 is 0. The lowest BCUT2D eigenvalue weighted by Crippen LogP contribution is -1.90. The van der Waals surface area contributed by atoms with Crippen molar-refractivity contribution in [1.82, 2.24) is 9.97 Å². The Kier molecular flexibility index (Phi) is 4.22. The summed E-state index contributed by atoms with van der Waals surface area (Å²) in [6.07, 6.45) is 1.56. The number of nitriles is 1. The van der Waals surface area contributed by atoms with Gasteiger partial charge in [-0.3, -0.25) is 10.1 Å². The lowest BCUT2D eigenvalue weighted by atomic mass is 10.1. The normalized spacial score (nSPS) is 11.5. The summed E-state index contributed by atoms with van der Waals surface area (Å²) in [4.78, 5) is 18.3. The van der Waals surface area contributed by atoms with E-state index >= 15 is 0 Å². The number of aromatic nitrogens is 2. The second-order valence-electron chi connectivity index (χ2n) is 6.25. The zero-order chi connectivity index (χ0) is 19.7. The van der Waals surface area contributed by atoms with Gasteiger partial charge in [-0.05, 0) is 42.8 Å². The van der Waals surface area contributed by atoms with Crippen LogP contribution in [0.4, 0.5) is 5.69 Å². The quantitative estimate of drug-likeness (QED) is 0.305. The number of fused-ring (bicyclic) bond motifs is 1. The van der Waals surface area contributed by atoms with Crippen molar-refractivity contribution in [2.24, 2.45) is 0 Å². The van der Waals surface area contributed by atoms with E-state index in [-0.39, 0.29) is 5.69 Å². The number of imidazole rings is 1. The van der Waals surface area contributed by atoms with Gasteiger partial charge in [-0.2, -0.15) is 5.26 Å². The average molecular weight is 370 g/mol. The van der Waals surface area contributed by atoms with Crippen molar-refractivity contribution in [3.63, 3.8) is 0 Å². The highest BCUT2D eigenvalue weighted by Crippen LogP contribution is 2.31. The number of aryl methyl sites for hydroxylation is 1. The third kappa shape index (κ3) is 3.15. The minimum Gasteiger partial charge on any atom is -0.456 e. The first-order chi connectivity index (χ1) is 13.5. The van der Waals surface area contributed by atoms with Crippen LogP contribution in [-0.4, -0.2) is 14.9 Å². The van der Waals surface area contributed by atoms with Crippen LogP contribution in [0.25, 0.3) is 34.0 Å². The molecule has 0 atom stereocenters. The number of para-hydroxylation sites is 1. The Morgan fingerprint density at radius 2 is 2.07 bits per heavy atom. The number of nitro groups is 1. The third-order valence-corrected chi connectivity index (χ3v) is 4.29. The highest BCUT2D eigenvalue weighted by molar-refractivity contribution is 5.90. The van der Waals surface area contributed by atoms with E-state index in [2.05, 4.69) is 16.0 Å². The Balaban J connectivity index is 1.72. The molecule has 0 aliphatic carbocycles. The number of nitro benzene ring substituents is 1. The molecule has 4 aromatic rings. The predicted octanol–water partition coefficient (Wildman–Crippen LogP) is 5.10. The van der Waals surface area contributed by atoms with E-state index in [0.717, 1.165) is 16.6 Å². The Hall–Kier alpha value is -4.18. The molecule has 0 saturated carbocycles. The Morgan fingerprint density at radius 3 is 2.86 bits per heavy atom. The zero-order valence-corrected chi connectivity index (χ0v) is 14.8. The molecule has 0 aliphatic rings. The Labute approximate surface area is 159 Å². The smallest absolute Gasteiger partial charge is 0.280 e. The van der Waals surface area contributed by atoms with Crippen LogP contribution >= 0.6 is 0 Å². The number of nitrogens with zero attached hydrogens (tertiary/aromatic N) is 3. The van der Waals surface area contributed by atoms with Gasteiger partial charge >= 0.3 is 0 Å². The molecule has 136 valence electrons. The van der Waals surface area contributed by atoms with Gasteiger partial charge in [0.15, 0.2) is 0 Å². The van der Waals surface area contributed by atoms with Crippen LogP contribution < -0.4 is 0 Å². The molecule has 4 rings (SSSR count). The molecule has 0 amide bonds. The van der Waals surface area contributed by atoms with Gasteiger partial charge in [0.25, 0.3) is 5.69 Å². The number of nitrogens with one attached hydrogen (secondary N) is 1. The molecule has 2 aromatic carbocycles. The van der Waals surface area contributed by atoms with Crippen LogP contribution in [0.5, 0.6) is 0 Å². The lowest BCUT2D eigenvalue weighted by molar-refractivity contribution is -0.384. The van der Waals surface area contributed by atoms with E-state index in [0.29, 0.717) is 28.5 Å². The molecule has 28 heavy (non-hydrogen) atoms. The first-order valence-corrected chi connectivity index (χ1v) is 8.47. The molecule has 1 N–H and O–H groups in total. The molecule has 7 nitrogen and oxygen atoms in total. The summed E-state index contributed by atoms with van der Waals surface area (Å²) in [5, 5.41) is 20.8. The van der Waals surface area contributed by atoms with E-state index in [1.807, 2.05) is 25.1 Å².